The van der Waals surface area contributed by atoms with Gasteiger partial charge in [0.15, 0.2) is 0 Å². The van der Waals surface area contributed by atoms with Crippen molar-refractivity contribution in [3.8, 4) is 11.3 Å². The number of aromatic nitrogens is 4. The zero-order valence-electron chi connectivity index (χ0n) is 11.8. The van der Waals surface area contributed by atoms with Gasteiger partial charge in [-0.05, 0) is 25.8 Å². The van der Waals surface area contributed by atoms with E-state index < -0.39 is 11.2 Å². The molecule has 110 valence electrons. The fourth-order valence-electron chi connectivity index (χ4n) is 2.62. The number of hydrogen-bond donors (Lipinski definition) is 3. The molecular weight excluding hydrogens is 270 g/mol. The van der Waals surface area contributed by atoms with Crippen molar-refractivity contribution in [2.24, 2.45) is 0 Å². The van der Waals surface area contributed by atoms with Crippen molar-refractivity contribution in [3.05, 3.63) is 38.8 Å². The molecule has 0 aromatic carbocycles. The Morgan fingerprint density at radius 2 is 2.00 bits per heavy atom. The van der Waals surface area contributed by atoms with Crippen LogP contribution in [0, 0.1) is 6.92 Å². The molecule has 1 aliphatic carbocycles. The molecule has 0 bridgehead atoms. The Balaban J connectivity index is 1.96. The average Bonchev–Trinajstić information content (AvgIpc) is 2.95. The molecule has 2 aromatic heterocycles. The summed E-state index contributed by atoms with van der Waals surface area (Å²) in [7, 11) is 0. The first-order valence-electron chi connectivity index (χ1n) is 7.07. The lowest BCUT2D eigenvalue weighted by atomic mass is 10.2. The number of rotatable bonds is 3. The first kappa shape index (κ1) is 13.5. The van der Waals surface area contributed by atoms with E-state index in [9.17, 15) is 9.59 Å². The lowest BCUT2D eigenvalue weighted by molar-refractivity contribution is 0.751. The van der Waals surface area contributed by atoms with Crippen LogP contribution in [0.25, 0.3) is 11.3 Å². The molecule has 0 radical (unpaired) electrons. The van der Waals surface area contributed by atoms with Crippen LogP contribution in [0.2, 0.25) is 0 Å². The highest BCUT2D eigenvalue weighted by molar-refractivity contribution is 5.63. The minimum Gasteiger partial charge on any atom is -0.381 e. The summed E-state index contributed by atoms with van der Waals surface area (Å²) < 4.78 is 0. The SMILES string of the molecule is Cc1nnc(-c2c[nH]c(=O)[nH]c2=O)cc1NC1CCCC1. The second-order valence-electron chi connectivity index (χ2n) is 5.34. The van der Waals surface area contributed by atoms with Gasteiger partial charge in [-0.2, -0.15) is 5.10 Å². The monoisotopic (exact) mass is 287 g/mol. The van der Waals surface area contributed by atoms with E-state index in [0.29, 0.717) is 17.3 Å². The zero-order chi connectivity index (χ0) is 14.8. The predicted molar refractivity (Wildman–Crippen MR) is 79.3 cm³/mol. The first-order valence-corrected chi connectivity index (χ1v) is 7.07. The first-order chi connectivity index (χ1) is 10.1. The maximum absolute atomic E-state index is 11.8. The van der Waals surface area contributed by atoms with Gasteiger partial charge >= 0.3 is 5.69 Å². The molecule has 0 atom stereocenters. The summed E-state index contributed by atoms with van der Waals surface area (Å²) >= 11 is 0. The third-order valence-electron chi connectivity index (χ3n) is 3.79. The van der Waals surface area contributed by atoms with E-state index in [1.165, 1.54) is 19.0 Å². The van der Waals surface area contributed by atoms with Gasteiger partial charge < -0.3 is 10.3 Å². The molecule has 2 heterocycles. The largest absolute Gasteiger partial charge is 0.381 e. The van der Waals surface area contributed by atoms with Crippen LogP contribution < -0.4 is 16.6 Å². The smallest absolute Gasteiger partial charge is 0.325 e. The maximum Gasteiger partial charge on any atom is 0.325 e. The molecule has 0 amide bonds. The number of aryl methyl sites for hydroxylation is 1. The third-order valence-corrected chi connectivity index (χ3v) is 3.79. The van der Waals surface area contributed by atoms with E-state index in [1.807, 2.05) is 13.0 Å². The summed E-state index contributed by atoms with van der Waals surface area (Å²) in [6.07, 6.45) is 6.13. The van der Waals surface area contributed by atoms with Gasteiger partial charge in [-0.25, -0.2) is 4.79 Å². The Hall–Kier alpha value is -2.44. The zero-order valence-corrected chi connectivity index (χ0v) is 11.8. The Kier molecular flexibility index (Phi) is 3.55. The van der Waals surface area contributed by atoms with Crippen LogP contribution in [-0.2, 0) is 0 Å². The highest BCUT2D eigenvalue weighted by atomic mass is 16.2. The standard InChI is InChI=1S/C14H17N5O2/c1-8-11(16-9-4-2-3-5-9)6-12(19-18-8)10-7-15-14(21)17-13(10)20/h6-7,9H,2-5H2,1H3,(H,16,19)(H2,15,17,20,21). The quantitative estimate of drug-likeness (QED) is 0.786. The summed E-state index contributed by atoms with van der Waals surface area (Å²) in [4.78, 5) is 27.5. The second-order valence-corrected chi connectivity index (χ2v) is 5.34. The highest BCUT2D eigenvalue weighted by Gasteiger charge is 2.17. The highest BCUT2D eigenvalue weighted by Crippen LogP contribution is 2.25. The lowest BCUT2D eigenvalue weighted by Gasteiger charge is -2.15. The fourth-order valence-corrected chi connectivity index (χ4v) is 2.62. The molecule has 0 spiro atoms. The predicted octanol–water partition coefficient (Wildman–Crippen LogP) is 1.18. The van der Waals surface area contributed by atoms with Crippen LogP contribution in [-0.4, -0.2) is 26.2 Å². The molecule has 7 heteroatoms. The number of anilines is 1. The summed E-state index contributed by atoms with van der Waals surface area (Å²) in [6.45, 7) is 1.88. The van der Waals surface area contributed by atoms with Crippen molar-refractivity contribution in [1.29, 1.82) is 0 Å². The van der Waals surface area contributed by atoms with Gasteiger partial charge in [-0.3, -0.25) is 9.78 Å². The number of nitrogens with one attached hydrogen (secondary N) is 3. The van der Waals surface area contributed by atoms with Gasteiger partial charge in [0, 0.05) is 12.2 Å². The van der Waals surface area contributed by atoms with Crippen LogP contribution in [0.4, 0.5) is 5.69 Å². The molecule has 3 rings (SSSR count). The summed E-state index contributed by atoms with van der Waals surface area (Å²) in [6, 6.07) is 2.26. The van der Waals surface area contributed by atoms with Crippen molar-refractivity contribution in [2.45, 2.75) is 38.6 Å². The Labute approximate surface area is 120 Å². The second kappa shape index (κ2) is 5.51. The summed E-state index contributed by atoms with van der Waals surface area (Å²) in [5.41, 5.74) is 1.43. The maximum atomic E-state index is 11.8. The fraction of sp³-hybridized carbons (Fsp3) is 0.429. The minimum absolute atomic E-state index is 0.302. The lowest BCUT2D eigenvalue weighted by Crippen LogP contribution is -2.23. The Morgan fingerprint density at radius 3 is 2.71 bits per heavy atom. The number of H-pyrrole nitrogens is 2. The Morgan fingerprint density at radius 1 is 1.24 bits per heavy atom. The van der Waals surface area contributed by atoms with Crippen molar-refractivity contribution < 1.29 is 0 Å². The van der Waals surface area contributed by atoms with E-state index in [4.69, 9.17) is 0 Å². The van der Waals surface area contributed by atoms with Crippen molar-refractivity contribution in [3.63, 3.8) is 0 Å². The van der Waals surface area contributed by atoms with Crippen molar-refractivity contribution >= 4 is 5.69 Å². The average molecular weight is 287 g/mol. The minimum atomic E-state index is -0.534. The van der Waals surface area contributed by atoms with Gasteiger partial charge in [0.2, 0.25) is 0 Å². The van der Waals surface area contributed by atoms with Gasteiger partial charge in [0.1, 0.15) is 5.69 Å². The third kappa shape index (κ3) is 2.86. The van der Waals surface area contributed by atoms with Crippen LogP contribution >= 0.6 is 0 Å². The topological polar surface area (TPSA) is 104 Å². The van der Waals surface area contributed by atoms with Crippen molar-refractivity contribution in [2.75, 3.05) is 5.32 Å². The van der Waals surface area contributed by atoms with E-state index in [0.717, 1.165) is 24.2 Å². The molecule has 1 saturated carbocycles. The van der Waals surface area contributed by atoms with E-state index in [2.05, 4.69) is 25.5 Å². The molecule has 3 N–H and O–H groups in total. The van der Waals surface area contributed by atoms with Crippen LogP contribution in [0.3, 0.4) is 0 Å². The molecule has 0 aliphatic heterocycles. The molecule has 1 fully saturated rings. The number of nitrogens with zero attached hydrogens (tertiary/aromatic N) is 2. The van der Waals surface area contributed by atoms with E-state index in [-0.39, 0.29) is 0 Å². The summed E-state index contributed by atoms with van der Waals surface area (Å²) in [5, 5.41) is 11.6. The van der Waals surface area contributed by atoms with Gasteiger partial charge in [-0.1, -0.05) is 12.8 Å². The van der Waals surface area contributed by atoms with E-state index in [1.54, 1.807) is 0 Å². The molecule has 7 nitrogen and oxygen atoms in total. The van der Waals surface area contributed by atoms with Crippen LogP contribution in [0.1, 0.15) is 31.4 Å². The molecule has 21 heavy (non-hydrogen) atoms. The molecule has 0 saturated heterocycles. The van der Waals surface area contributed by atoms with Crippen LogP contribution in [0.5, 0.6) is 0 Å². The molecule has 0 unspecified atom stereocenters. The van der Waals surface area contributed by atoms with Gasteiger partial charge in [-0.15, -0.1) is 5.10 Å². The van der Waals surface area contributed by atoms with Gasteiger partial charge in [0.25, 0.3) is 5.56 Å². The number of hydrogen-bond acceptors (Lipinski definition) is 5. The van der Waals surface area contributed by atoms with Crippen LogP contribution in [0.15, 0.2) is 21.9 Å². The normalized spacial score (nSPS) is 15.3. The molecule has 1 aliphatic rings. The van der Waals surface area contributed by atoms with Gasteiger partial charge in [0.05, 0.1) is 16.9 Å². The van der Waals surface area contributed by atoms with E-state index >= 15 is 0 Å². The molecule has 2 aromatic rings. The van der Waals surface area contributed by atoms with Crippen molar-refractivity contribution in [1.82, 2.24) is 20.2 Å². The number of aromatic amines is 2. The Bertz CT molecular complexity index is 758. The summed E-state index contributed by atoms with van der Waals surface area (Å²) in [5.74, 6) is 0. The molecular formula is C14H17N5O2.